The topological polar surface area (TPSA) is 26.3 Å². The van der Waals surface area contributed by atoms with Gasteiger partial charge in [-0.15, -0.1) is 0 Å². The van der Waals surface area contributed by atoms with Gasteiger partial charge in [0.1, 0.15) is 6.10 Å². The molecule has 0 saturated carbocycles. The number of fused-ring (bicyclic) bond motifs is 1. The zero-order chi connectivity index (χ0) is 13.4. The van der Waals surface area contributed by atoms with Crippen LogP contribution in [0.2, 0.25) is 0 Å². The van der Waals surface area contributed by atoms with Crippen molar-refractivity contribution in [2.75, 3.05) is 6.61 Å². The lowest BCUT2D eigenvalue weighted by Gasteiger charge is -2.16. The molecule has 2 atom stereocenters. The second-order valence-electron chi connectivity index (χ2n) is 5.40. The van der Waals surface area contributed by atoms with Crippen LogP contribution < -0.4 is 0 Å². The Morgan fingerprint density at radius 3 is 2.74 bits per heavy atom. The molecule has 0 spiro atoms. The predicted octanol–water partition coefficient (Wildman–Crippen LogP) is 3.76. The van der Waals surface area contributed by atoms with E-state index in [-0.39, 0.29) is 11.9 Å². The molecule has 1 aliphatic rings. The first-order chi connectivity index (χ1) is 9.18. The lowest BCUT2D eigenvalue weighted by atomic mass is 9.90. The van der Waals surface area contributed by atoms with Gasteiger partial charge in [0.15, 0.2) is 5.78 Å². The number of hydrogen-bond donors (Lipinski definition) is 0. The van der Waals surface area contributed by atoms with Gasteiger partial charge in [-0.3, -0.25) is 4.79 Å². The van der Waals surface area contributed by atoms with Crippen LogP contribution in [-0.2, 0) is 4.74 Å². The Bertz CT molecular complexity index is 630. The van der Waals surface area contributed by atoms with Crippen molar-refractivity contribution in [3.63, 3.8) is 0 Å². The minimum Gasteiger partial charge on any atom is -0.370 e. The molecule has 1 aliphatic heterocycles. The second kappa shape index (κ2) is 4.78. The van der Waals surface area contributed by atoms with Crippen molar-refractivity contribution in [1.29, 1.82) is 0 Å². The summed E-state index contributed by atoms with van der Waals surface area (Å²) in [5.74, 6) is 0.449. The molecule has 0 aliphatic carbocycles. The Kier molecular flexibility index (Phi) is 3.11. The van der Waals surface area contributed by atoms with Crippen LogP contribution in [0.1, 0.15) is 29.3 Å². The smallest absolute Gasteiger partial charge is 0.192 e. The highest BCUT2D eigenvalue weighted by atomic mass is 16.5. The summed E-state index contributed by atoms with van der Waals surface area (Å²) in [5.41, 5.74) is 1.86. The van der Waals surface area contributed by atoms with Gasteiger partial charge in [0, 0.05) is 12.2 Å². The Morgan fingerprint density at radius 1 is 1.21 bits per heavy atom. The van der Waals surface area contributed by atoms with Crippen LogP contribution >= 0.6 is 0 Å². The highest BCUT2D eigenvalue weighted by Gasteiger charge is 2.32. The predicted molar refractivity (Wildman–Crippen MR) is 76.5 cm³/mol. The van der Waals surface area contributed by atoms with Crippen LogP contribution in [0.4, 0.5) is 0 Å². The largest absolute Gasteiger partial charge is 0.370 e. The van der Waals surface area contributed by atoms with E-state index < -0.39 is 0 Å². The Hall–Kier alpha value is -1.67. The molecule has 0 amide bonds. The van der Waals surface area contributed by atoms with Gasteiger partial charge in [-0.1, -0.05) is 43.3 Å². The van der Waals surface area contributed by atoms with Crippen molar-refractivity contribution >= 4 is 16.6 Å². The third-order valence-corrected chi connectivity index (χ3v) is 4.03. The first-order valence-electron chi connectivity index (χ1n) is 6.82. The van der Waals surface area contributed by atoms with Crippen molar-refractivity contribution in [2.24, 2.45) is 5.92 Å². The van der Waals surface area contributed by atoms with Gasteiger partial charge in [-0.2, -0.15) is 0 Å². The summed E-state index contributed by atoms with van der Waals surface area (Å²) >= 11 is 0. The summed E-state index contributed by atoms with van der Waals surface area (Å²) in [6.45, 7) is 4.79. The van der Waals surface area contributed by atoms with Crippen LogP contribution in [0.3, 0.4) is 0 Å². The summed E-state index contributed by atoms with van der Waals surface area (Å²) in [7, 11) is 0. The zero-order valence-electron chi connectivity index (χ0n) is 11.3. The second-order valence-corrected chi connectivity index (χ2v) is 5.40. The quantitative estimate of drug-likeness (QED) is 0.763. The molecule has 1 saturated heterocycles. The fourth-order valence-corrected chi connectivity index (χ4v) is 2.88. The van der Waals surface area contributed by atoms with E-state index in [2.05, 4.69) is 13.0 Å². The molecular weight excluding hydrogens is 236 g/mol. The fraction of sp³-hybridized carbons (Fsp3) is 0.353. The molecule has 19 heavy (non-hydrogen) atoms. The van der Waals surface area contributed by atoms with Crippen molar-refractivity contribution < 1.29 is 9.53 Å². The van der Waals surface area contributed by atoms with E-state index in [9.17, 15) is 4.79 Å². The van der Waals surface area contributed by atoms with E-state index in [1.54, 1.807) is 0 Å². The van der Waals surface area contributed by atoms with Crippen molar-refractivity contribution in [3.8, 4) is 0 Å². The Balaban J connectivity index is 2.13. The number of ether oxygens (including phenoxy) is 1. The van der Waals surface area contributed by atoms with Crippen molar-refractivity contribution in [3.05, 3.63) is 47.5 Å². The lowest BCUT2D eigenvalue weighted by Crippen LogP contribution is -2.26. The van der Waals surface area contributed by atoms with Gasteiger partial charge in [-0.05, 0) is 35.6 Å². The molecule has 0 bridgehead atoms. The molecule has 2 heteroatoms. The van der Waals surface area contributed by atoms with Gasteiger partial charge < -0.3 is 4.74 Å². The van der Waals surface area contributed by atoms with Crippen LogP contribution in [0, 0.1) is 12.8 Å². The molecule has 2 aromatic rings. The summed E-state index contributed by atoms with van der Waals surface area (Å²) in [4.78, 5) is 12.8. The highest BCUT2D eigenvalue weighted by Crippen LogP contribution is 2.29. The van der Waals surface area contributed by atoms with E-state index in [1.165, 1.54) is 0 Å². The van der Waals surface area contributed by atoms with E-state index in [4.69, 9.17) is 4.74 Å². The first kappa shape index (κ1) is 12.4. The van der Waals surface area contributed by atoms with Crippen LogP contribution in [-0.4, -0.2) is 18.5 Å². The maximum absolute atomic E-state index is 12.8. The highest BCUT2D eigenvalue weighted by molar-refractivity contribution is 6.11. The number of carbonyl (C=O) groups excluding carboxylic acids is 1. The third kappa shape index (κ3) is 2.06. The molecular formula is C17H18O2. The minimum atomic E-state index is -0.274. The number of ketones is 1. The average Bonchev–Trinajstić information content (AvgIpc) is 2.84. The van der Waals surface area contributed by atoms with Gasteiger partial charge in [0.05, 0.1) is 0 Å². The number of rotatable bonds is 2. The summed E-state index contributed by atoms with van der Waals surface area (Å²) < 4.78 is 5.64. The maximum atomic E-state index is 12.8. The fourth-order valence-electron chi connectivity index (χ4n) is 2.88. The van der Waals surface area contributed by atoms with Crippen molar-refractivity contribution in [1.82, 2.24) is 0 Å². The van der Waals surface area contributed by atoms with Crippen molar-refractivity contribution in [2.45, 2.75) is 26.4 Å². The molecule has 2 nitrogen and oxygen atoms in total. The van der Waals surface area contributed by atoms with Crippen LogP contribution in [0.5, 0.6) is 0 Å². The van der Waals surface area contributed by atoms with Crippen LogP contribution in [0.25, 0.3) is 10.8 Å². The average molecular weight is 254 g/mol. The van der Waals surface area contributed by atoms with E-state index in [0.29, 0.717) is 12.5 Å². The summed E-state index contributed by atoms with van der Waals surface area (Å²) in [5, 5.41) is 2.15. The number of carbonyl (C=O) groups is 1. The molecule has 1 fully saturated rings. The van der Waals surface area contributed by atoms with E-state index >= 15 is 0 Å². The molecule has 2 unspecified atom stereocenters. The van der Waals surface area contributed by atoms with E-state index in [0.717, 1.165) is 28.3 Å². The number of benzene rings is 2. The van der Waals surface area contributed by atoms with Gasteiger partial charge in [0.25, 0.3) is 0 Å². The van der Waals surface area contributed by atoms with Gasteiger partial charge in [0.2, 0.25) is 0 Å². The lowest BCUT2D eigenvalue weighted by molar-refractivity contribution is 0.0580. The van der Waals surface area contributed by atoms with Crippen LogP contribution in [0.15, 0.2) is 36.4 Å². The monoisotopic (exact) mass is 254 g/mol. The summed E-state index contributed by atoms with van der Waals surface area (Å²) in [6.07, 6.45) is 0.699. The Morgan fingerprint density at radius 2 is 2.00 bits per heavy atom. The molecule has 98 valence electrons. The molecule has 0 aromatic heterocycles. The van der Waals surface area contributed by atoms with Gasteiger partial charge >= 0.3 is 0 Å². The molecule has 2 aromatic carbocycles. The summed E-state index contributed by atoms with van der Waals surface area (Å²) in [6, 6.07) is 12.1. The normalized spacial score (nSPS) is 22.8. The molecule has 0 N–H and O–H groups in total. The van der Waals surface area contributed by atoms with Gasteiger partial charge in [-0.25, -0.2) is 0 Å². The molecule has 0 radical (unpaired) electrons. The zero-order valence-corrected chi connectivity index (χ0v) is 11.3. The standard InChI is InChI=1S/C17H18O2/c1-11-7-8-13-5-3-4-6-14(13)15(11)16(18)17-12(2)9-10-19-17/h3-8,12,17H,9-10H2,1-2H3. The minimum absolute atomic E-state index is 0.138. The Labute approximate surface area is 113 Å². The first-order valence-corrected chi connectivity index (χ1v) is 6.82. The molecule has 3 rings (SSSR count). The SMILES string of the molecule is Cc1ccc2ccccc2c1C(=O)C1OCCC1C. The number of Topliss-reactive ketones (excluding diaryl/α,β-unsaturated/α-hetero) is 1. The number of hydrogen-bond acceptors (Lipinski definition) is 2. The molecule has 1 heterocycles. The number of aryl methyl sites for hydroxylation is 1. The van der Waals surface area contributed by atoms with E-state index in [1.807, 2.05) is 37.3 Å². The maximum Gasteiger partial charge on any atom is 0.192 e. The third-order valence-electron chi connectivity index (χ3n) is 4.03.